The molecule has 6 heteroatoms. The van der Waals surface area contributed by atoms with Crippen molar-refractivity contribution in [2.24, 2.45) is 0 Å². The Balaban J connectivity index is 2.35. The van der Waals surface area contributed by atoms with E-state index in [0.717, 1.165) is 10.9 Å². The number of amides is 1. The van der Waals surface area contributed by atoms with Gasteiger partial charge in [-0.25, -0.2) is 4.98 Å². The van der Waals surface area contributed by atoms with E-state index in [-0.39, 0.29) is 23.8 Å². The number of nitrogens with zero attached hydrogens (tertiary/aromatic N) is 3. The maximum Gasteiger partial charge on any atom is 0.239 e. The van der Waals surface area contributed by atoms with Gasteiger partial charge < -0.3 is 10.2 Å². The number of anilines is 1. The van der Waals surface area contributed by atoms with Gasteiger partial charge in [0.2, 0.25) is 11.2 Å². The van der Waals surface area contributed by atoms with Gasteiger partial charge in [-0.2, -0.15) is 4.98 Å². The third-order valence-corrected chi connectivity index (χ3v) is 3.19. The van der Waals surface area contributed by atoms with E-state index in [1.807, 2.05) is 49.9 Å². The number of nitrogens with one attached hydrogen (secondary N) is 1. The zero-order valence-corrected chi connectivity index (χ0v) is 13.2. The molecule has 0 aliphatic carbocycles. The van der Waals surface area contributed by atoms with Crippen molar-refractivity contribution >= 4 is 34.2 Å². The molecule has 1 heterocycles. The van der Waals surface area contributed by atoms with Gasteiger partial charge in [-0.1, -0.05) is 12.1 Å². The summed E-state index contributed by atoms with van der Waals surface area (Å²) in [5.74, 6) is 0.651. The van der Waals surface area contributed by atoms with Crippen LogP contribution in [-0.2, 0) is 4.79 Å². The first kappa shape index (κ1) is 15.5. The Morgan fingerprint density at radius 1 is 1.33 bits per heavy atom. The van der Waals surface area contributed by atoms with Crippen LogP contribution in [0.1, 0.15) is 20.8 Å². The molecule has 0 unspecified atom stereocenters. The molecule has 2 aromatic rings. The largest absolute Gasteiger partial charge is 0.352 e. The predicted molar refractivity (Wildman–Crippen MR) is 85.7 cm³/mol. The molecule has 0 fully saturated rings. The summed E-state index contributed by atoms with van der Waals surface area (Å²) in [4.78, 5) is 22.4. The van der Waals surface area contributed by atoms with Crippen LogP contribution in [0.2, 0.25) is 5.28 Å². The average Bonchev–Trinajstić information content (AvgIpc) is 2.43. The highest BCUT2D eigenvalue weighted by Gasteiger charge is 2.16. The van der Waals surface area contributed by atoms with Gasteiger partial charge in [0.1, 0.15) is 5.82 Å². The average molecular weight is 307 g/mol. The Morgan fingerprint density at radius 2 is 2.05 bits per heavy atom. The number of fused-ring (bicyclic) bond motifs is 1. The van der Waals surface area contributed by atoms with Gasteiger partial charge in [-0.3, -0.25) is 4.79 Å². The quantitative estimate of drug-likeness (QED) is 0.863. The molecular weight excluding hydrogens is 288 g/mol. The van der Waals surface area contributed by atoms with E-state index in [0.29, 0.717) is 12.4 Å². The predicted octanol–water partition coefficient (Wildman–Crippen LogP) is 2.63. The monoisotopic (exact) mass is 306 g/mol. The van der Waals surface area contributed by atoms with E-state index in [1.165, 1.54) is 0 Å². The van der Waals surface area contributed by atoms with Crippen LogP contribution in [0.5, 0.6) is 0 Å². The highest BCUT2D eigenvalue weighted by molar-refractivity contribution is 6.28. The van der Waals surface area contributed by atoms with Crippen molar-refractivity contribution in [3.05, 3.63) is 29.5 Å². The summed E-state index contributed by atoms with van der Waals surface area (Å²) in [6.07, 6.45) is 0. The lowest BCUT2D eigenvalue weighted by atomic mass is 10.2. The first-order valence-corrected chi connectivity index (χ1v) is 7.35. The lowest BCUT2D eigenvalue weighted by Gasteiger charge is -2.23. The van der Waals surface area contributed by atoms with Gasteiger partial charge >= 0.3 is 0 Å². The second-order valence-electron chi connectivity index (χ2n) is 5.07. The fraction of sp³-hybridized carbons (Fsp3) is 0.400. The molecule has 0 aliphatic heterocycles. The number of carbonyl (C=O) groups excluding carboxylic acids is 1. The Hall–Kier alpha value is -1.88. The molecule has 0 saturated carbocycles. The summed E-state index contributed by atoms with van der Waals surface area (Å²) in [7, 11) is 0. The topological polar surface area (TPSA) is 58.1 Å². The number of likely N-dealkylation sites (N-methyl/N-ethyl adjacent to an activating group) is 1. The molecule has 0 bridgehead atoms. The number of hydrogen-bond acceptors (Lipinski definition) is 4. The minimum absolute atomic E-state index is 0.0364. The SMILES string of the molecule is CCN(CC(=O)NC(C)C)c1nc(Cl)nc2ccccc12. The van der Waals surface area contributed by atoms with Crippen molar-refractivity contribution in [1.82, 2.24) is 15.3 Å². The summed E-state index contributed by atoms with van der Waals surface area (Å²) >= 11 is 6.00. The van der Waals surface area contributed by atoms with Crippen molar-refractivity contribution in [2.45, 2.75) is 26.8 Å². The molecule has 0 aliphatic rings. The van der Waals surface area contributed by atoms with Gasteiger partial charge in [-0.05, 0) is 44.5 Å². The summed E-state index contributed by atoms with van der Waals surface area (Å²) in [5.41, 5.74) is 0.773. The Kier molecular flexibility index (Phi) is 4.96. The Labute approximate surface area is 129 Å². The number of hydrogen-bond donors (Lipinski definition) is 1. The second kappa shape index (κ2) is 6.72. The summed E-state index contributed by atoms with van der Waals surface area (Å²) in [6, 6.07) is 7.75. The van der Waals surface area contributed by atoms with E-state index in [1.54, 1.807) is 0 Å². The number of para-hydroxylation sites is 1. The van der Waals surface area contributed by atoms with Gasteiger partial charge in [0.25, 0.3) is 0 Å². The number of carbonyl (C=O) groups is 1. The molecule has 1 amide bonds. The van der Waals surface area contributed by atoms with E-state index >= 15 is 0 Å². The van der Waals surface area contributed by atoms with Crippen molar-refractivity contribution in [3.63, 3.8) is 0 Å². The Bertz CT molecular complexity index is 645. The van der Waals surface area contributed by atoms with Crippen molar-refractivity contribution in [2.75, 3.05) is 18.0 Å². The standard InChI is InChI=1S/C15H19ClN4O/c1-4-20(9-13(21)17-10(2)3)14-11-7-5-6-8-12(11)18-15(16)19-14/h5-8,10H,4,9H2,1-3H3,(H,17,21). The Morgan fingerprint density at radius 3 is 2.71 bits per heavy atom. The zero-order chi connectivity index (χ0) is 15.4. The van der Waals surface area contributed by atoms with E-state index < -0.39 is 0 Å². The molecule has 2 rings (SSSR count). The maximum absolute atomic E-state index is 12.0. The third-order valence-electron chi connectivity index (χ3n) is 3.02. The number of benzene rings is 1. The molecule has 0 spiro atoms. The third kappa shape index (κ3) is 3.82. The fourth-order valence-corrected chi connectivity index (χ4v) is 2.32. The molecule has 1 N–H and O–H groups in total. The lowest BCUT2D eigenvalue weighted by Crippen LogP contribution is -2.40. The first-order valence-electron chi connectivity index (χ1n) is 6.97. The molecule has 1 aromatic heterocycles. The second-order valence-corrected chi connectivity index (χ2v) is 5.41. The van der Waals surface area contributed by atoms with Gasteiger partial charge in [0.15, 0.2) is 0 Å². The summed E-state index contributed by atoms with van der Waals surface area (Å²) in [5, 5.41) is 3.96. The molecule has 5 nitrogen and oxygen atoms in total. The van der Waals surface area contributed by atoms with Crippen LogP contribution in [0.15, 0.2) is 24.3 Å². The van der Waals surface area contributed by atoms with Crippen LogP contribution < -0.4 is 10.2 Å². The minimum atomic E-state index is -0.0364. The van der Waals surface area contributed by atoms with Gasteiger partial charge in [0, 0.05) is 18.0 Å². The van der Waals surface area contributed by atoms with Crippen molar-refractivity contribution < 1.29 is 4.79 Å². The van der Waals surface area contributed by atoms with Crippen LogP contribution in [-0.4, -0.2) is 35.0 Å². The smallest absolute Gasteiger partial charge is 0.239 e. The zero-order valence-electron chi connectivity index (χ0n) is 12.4. The molecule has 0 saturated heterocycles. The van der Waals surface area contributed by atoms with Gasteiger partial charge in [0.05, 0.1) is 12.1 Å². The molecule has 1 aromatic carbocycles. The van der Waals surface area contributed by atoms with E-state index in [9.17, 15) is 4.79 Å². The molecular formula is C15H19ClN4O. The molecule has 0 radical (unpaired) electrons. The number of aromatic nitrogens is 2. The van der Waals surface area contributed by atoms with Gasteiger partial charge in [-0.15, -0.1) is 0 Å². The molecule has 21 heavy (non-hydrogen) atoms. The molecule has 112 valence electrons. The van der Waals surface area contributed by atoms with Crippen LogP contribution in [0.25, 0.3) is 10.9 Å². The summed E-state index contributed by atoms with van der Waals surface area (Å²) in [6.45, 7) is 6.75. The van der Waals surface area contributed by atoms with Crippen LogP contribution in [0.3, 0.4) is 0 Å². The van der Waals surface area contributed by atoms with Crippen LogP contribution in [0, 0.1) is 0 Å². The molecule has 0 atom stereocenters. The highest BCUT2D eigenvalue weighted by atomic mass is 35.5. The summed E-state index contributed by atoms with van der Waals surface area (Å²) < 4.78 is 0. The highest BCUT2D eigenvalue weighted by Crippen LogP contribution is 2.24. The van der Waals surface area contributed by atoms with E-state index in [4.69, 9.17) is 11.6 Å². The number of rotatable bonds is 5. The van der Waals surface area contributed by atoms with Crippen molar-refractivity contribution in [1.29, 1.82) is 0 Å². The number of halogens is 1. The minimum Gasteiger partial charge on any atom is -0.352 e. The maximum atomic E-state index is 12.0. The van der Waals surface area contributed by atoms with Crippen molar-refractivity contribution in [3.8, 4) is 0 Å². The van der Waals surface area contributed by atoms with Crippen LogP contribution >= 0.6 is 11.6 Å². The lowest BCUT2D eigenvalue weighted by molar-refractivity contribution is -0.120. The normalized spacial score (nSPS) is 10.9. The fourth-order valence-electron chi connectivity index (χ4n) is 2.15. The van der Waals surface area contributed by atoms with Crippen LogP contribution in [0.4, 0.5) is 5.82 Å². The first-order chi connectivity index (χ1) is 10.0. The van der Waals surface area contributed by atoms with E-state index in [2.05, 4.69) is 15.3 Å².